The molecule has 1 aromatic rings. The predicted octanol–water partition coefficient (Wildman–Crippen LogP) is 4.21. The molecule has 1 aromatic carbocycles. The van der Waals surface area contributed by atoms with E-state index in [0.717, 1.165) is 19.3 Å². The smallest absolute Gasteiger partial charge is 0.0601 e. The third-order valence-electron chi connectivity index (χ3n) is 3.62. The molecule has 0 saturated heterocycles. The number of nitrogens with one attached hydrogen (secondary N) is 1. The summed E-state index contributed by atoms with van der Waals surface area (Å²) in [6.45, 7) is 2.17. The molecule has 0 aromatic heterocycles. The van der Waals surface area contributed by atoms with Crippen LogP contribution < -0.4 is 5.32 Å². The van der Waals surface area contributed by atoms with Crippen LogP contribution in [0.5, 0.6) is 0 Å². The maximum absolute atomic E-state index is 6.07. The predicted molar refractivity (Wildman–Crippen MR) is 76.4 cm³/mol. The first-order valence-electron chi connectivity index (χ1n) is 6.37. The number of hydrogen-bond donors (Lipinski definition) is 1. The Morgan fingerprint density at radius 2 is 2.06 bits per heavy atom. The Labute approximate surface area is 119 Å². The lowest BCUT2D eigenvalue weighted by atomic mass is 9.87. The molecule has 2 nitrogen and oxygen atoms in total. The van der Waals surface area contributed by atoms with Gasteiger partial charge in [-0.25, -0.2) is 0 Å². The van der Waals surface area contributed by atoms with E-state index in [-0.39, 0.29) is 0 Å². The van der Waals surface area contributed by atoms with Crippen molar-refractivity contribution in [2.24, 2.45) is 0 Å². The van der Waals surface area contributed by atoms with E-state index in [1.165, 1.54) is 5.56 Å². The van der Waals surface area contributed by atoms with Crippen LogP contribution in [0.15, 0.2) is 18.2 Å². The summed E-state index contributed by atoms with van der Waals surface area (Å²) < 4.78 is 5.29. The molecule has 0 bridgehead atoms. The minimum atomic E-state index is 0.336. The number of methoxy groups -OCH3 is 1. The number of ether oxygens (including phenoxy) is 1. The molecule has 1 fully saturated rings. The summed E-state index contributed by atoms with van der Waals surface area (Å²) in [5.41, 5.74) is 1.20. The van der Waals surface area contributed by atoms with Crippen molar-refractivity contribution in [1.82, 2.24) is 5.32 Å². The minimum Gasteiger partial charge on any atom is -0.381 e. The molecule has 4 heteroatoms. The van der Waals surface area contributed by atoms with Crippen LogP contribution in [0, 0.1) is 0 Å². The highest BCUT2D eigenvalue weighted by molar-refractivity contribution is 6.42. The van der Waals surface area contributed by atoms with Gasteiger partial charge in [0.1, 0.15) is 0 Å². The molecule has 1 N–H and O–H groups in total. The summed E-state index contributed by atoms with van der Waals surface area (Å²) in [7, 11) is 1.77. The standard InChI is InChI=1S/C14H19Cl2NO/c1-3-14(17-10-7-11(8-10)18-2)9-4-5-12(15)13(16)6-9/h4-6,10-11,14,17H,3,7-8H2,1-2H3. The van der Waals surface area contributed by atoms with Gasteiger partial charge in [-0.05, 0) is 37.0 Å². The first kappa shape index (κ1) is 14.1. The minimum absolute atomic E-state index is 0.336. The van der Waals surface area contributed by atoms with Crippen molar-refractivity contribution in [3.8, 4) is 0 Å². The molecule has 0 heterocycles. The van der Waals surface area contributed by atoms with E-state index in [4.69, 9.17) is 27.9 Å². The zero-order chi connectivity index (χ0) is 13.1. The van der Waals surface area contributed by atoms with Crippen LogP contribution in [-0.2, 0) is 4.74 Å². The topological polar surface area (TPSA) is 21.3 Å². The SMILES string of the molecule is CCC(NC1CC(OC)C1)c1ccc(Cl)c(Cl)c1. The van der Waals surface area contributed by atoms with Crippen molar-refractivity contribution < 1.29 is 4.74 Å². The molecule has 100 valence electrons. The van der Waals surface area contributed by atoms with Crippen LogP contribution in [0.4, 0.5) is 0 Å². The van der Waals surface area contributed by atoms with Crippen molar-refractivity contribution in [1.29, 1.82) is 0 Å². The average molecular weight is 288 g/mol. The summed E-state index contributed by atoms with van der Waals surface area (Å²) in [5.74, 6) is 0. The molecule has 18 heavy (non-hydrogen) atoms. The Balaban J connectivity index is 1.98. The van der Waals surface area contributed by atoms with Crippen molar-refractivity contribution in [3.05, 3.63) is 33.8 Å². The zero-order valence-electron chi connectivity index (χ0n) is 10.7. The van der Waals surface area contributed by atoms with Crippen LogP contribution in [0.1, 0.15) is 37.8 Å². The van der Waals surface area contributed by atoms with Gasteiger partial charge in [-0.15, -0.1) is 0 Å². The number of benzene rings is 1. The van der Waals surface area contributed by atoms with Gasteiger partial charge < -0.3 is 10.1 Å². The van der Waals surface area contributed by atoms with Crippen molar-refractivity contribution >= 4 is 23.2 Å². The van der Waals surface area contributed by atoms with E-state index in [0.29, 0.717) is 28.2 Å². The van der Waals surface area contributed by atoms with Crippen LogP contribution in [0.3, 0.4) is 0 Å². The van der Waals surface area contributed by atoms with E-state index in [1.54, 1.807) is 7.11 Å². The van der Waals surface area contributed by atoms with Crippen molar-refractivity contribution in [3.63, 3.8) is 0 Å². The molecule has 0 radical (unpaired) electrons. The number of hydrogen-bond acceptors (Lipinski definition) is 2. The highest BCUT2D eigenvalue weighted by Gasteiger charge is 2.30. The first-order valence-corrected chi connectivity index (χ1v) is 7.13. The van der Waals surface area contributed by atoms with Gasteiger partial charge in [0.05, 0.1) is 16.1 Å². The van der Waals surface area contributed by atoms with Crippen LogP contribution in [0.2, 0.25) is 10.0 Å². The molecule has 1 unspecified atom stereocenters. The molecule has 0 amide bonds. The number of halogens is 2. The quantitative estimate of drug-likeness (QED) is 0.876. The lowest BCUT2D eigenvalue weighted by molar-refractivity contribution is 0.0139. The average Bonchev–Trinajstić information content (AvgIpc) is 2.32. The summed E-state index contributed by atoms with van der Waals surface area (Å²) in [4.78, 5) is 0. The highest BCUT2D eigenvalue weighted by atomic mass is 35.5. The van der Waals surface area contributed by atoms with Gasteiger partial charge in [0.15, 0.2) is 0 Å². The molecule has 1 saturated carbocycles. The monoisotopic (exact) mass is 287 g/mol. The van der Waals surface area contributed by atoms with Crippen LogP contribution in [-0.4, -0.2) is 19.3 Å². The van der Waals surface area contributed by atoms with Gasteiger partial charge in [0, 0.05) is 19.2 Å². The maximum atomic E-state index is 6.07. The fraction of sp³-hybridized carbons (Fsp3) is 0.571. The summed E-state index contributed by atoms with van der Waals surface area (Å²) in [6.07, 6.45) is 3.64. The van der Waals surface area contributed by atoms with Gasteiger partial charge in [-0.3, -0.25) is 0 Å². The normalized spacial score (nSPS) is 24.7. The fourth-order valence-corrected chi connectivity index (χ4v) is 2.66. The second-order valence-electron chi connectivity index (χ2n) is 4.83. The van der Waals surface area contributed by atoms with Gasteiger partial charge in [-0.2, -0.15) is 0 Å². The van der Waals surface area contributed by atoms with Gasteiger partial charge in [0.25, 0.3) is 0 Å². The first-order chi connectivity index (χ1) is 8.63. The summed E-state index contributed by atoms with van der Waals surface area (Å²) >= 11 is 12.0. The van der Waals surface area contributed by atoms with Crippen LogP contribution in [0.25, 0.3) is 0 Å². The second kappa shape index (κ2) is 6.25. The Morgan fingerprint density at radius 1 is 1.33 bits per heavy atom. The zero-order valence-corrected chi connectivity index (χ0v) is 12.3. The van der Waals surface area contributed by atoms with E-state index < -0.39 is 0 Å². The fourth-order valence-electron chi connectivity index (χ4n) is 2.36. The lowest BCUT2D eigenvalue weighted by Crippen LogP contribution is -2.46. The van der Waals surface area contributed by atoms with Gasteiger partial charge >= 0.3 is 0 Å². The summed E-state index contributed by atoms with van der Waals surface area (Å²) in [6, 6.07) is 6.75. The molecule has 1 aliphatic rings. The maximum Gasteiger partial charge on any atom is 0.0601 e. The van der Waals surface area contributed by atoms with Crippen molar-refractivity contribution in [2.75, 3.05) is 7.11 Å². The second-order valence-corrected chi connectivity index (χ2v) is 5.64. The molecular weight excluding hydrogens is 269 g/mol. The third kappa shape index (κ3) is 3.18. The van der Waals surface area contributed by atoms with E-state index in [1.807, 2.05) is 18.2 Å². The lowest BCUT2D eigenvalue weighted by Gasteiger charge is -2.37. The van der Waals surface area contributed by atoms with E-state index in [9.17, 15) is 0 Å². The summed E-state index contributed by atoms with van der Waals surface area (Å²) in [5, 5.41) is 4.88. The Hall–Kier alpha value is -0.280. The third-order valence-corrected chi connectivity index (χ3v) is 4.36. The largest absolute Gasteiger partial charge is 0.381 e. The highest BCUT2D eigenvalue weighted by Crippen LogP contribution is 2.30. The van der Waals surface area contributed by atoms with Crippen LogP contribution >= 0.6 is 23.2 Å². The molecule has 0 spiro atoms. The molecule has 1 atom stereocenters. The molecule has 2 rings (SSSR count). The van der Waals surface area contributed by atoms with Gasteiger partial charge in [0.2, 0.25) is 0 Å². The van der Waals surface area contributed by atoms with E-state index >= 15 is 0 Å². The Kier molecular flexibility index (Phi) is 4.91. The Morgan fingerprint density at radius 3 is 2.61 bits per heavy atom. The van der Waals surface area contributed by atoms with Gasteiger partial charge in [-0.1, -0.05) is 36.2 Å². The molecular formula is C14H19Cl2NO. The molecule has 1 aliphatic carbocycles. The van der Waals surface area contributed by atoms with E-state index in [2.05, 4.69) is 12.2 Å². The Bertz CT molecular complexity index is 405. The van der Waals surface area contributed by atoms with Crippen molar-refractivity contribution in [2.45, 2.75) is 44.4 Å². The molecule has 0 aliphatic heterocycles. The number of rotatable bonds is 5.